The second-order valence-electron chi connectivity index (χ2n) is 7.67. The molecule has 2 aromatic rings. The SMILES string of the molecule is CN(C(=O)c1cccc2ccccc12)[C@@H]1CCN(C2CCCCC2)C1. The van der Waals surface area contributed by atoms with Gasteiger partial charge in [-0.2, -0.15) is 0 Å². The van der Waals surface area contributed by atoms with Crippen LogP contribution >= 0.6 is 0 Å². The Kier molecular flexibility index (Phi) is 4.76. The molecule has 0 bridgehead atoms. The van der Waals surface area contributed by atoms with Gasteiger partial charge in [0, 0.05) is 37.8 Å². The molecule has 25 heavy (non-hydrogen) atoms. The minimum atomic E-state index is 0.160. The highest BCUT2D eigenvalue weighted by atomic mass is 16.2. The van der Waals surface area contributed by atoms with Gasteiger partial charge in [0.05, 0.1) is 0 Å². The molecular formula is C22H28N2O. The summed E-state index contributed by atoms with van der Waals surface area (Å²) in [5.74, 6) is 0.160. The summed E-state index contributed by atoms with van der Waals surface area (Å²) in [5, 5.41) is 2.20. The van der Waals surface area contributed by atoms with Crippen molar-refractivity contribution in [2.45, 2.75) is 50.6 Å². The monoisotopic (exact) mass is 336 g/mol. The third-order valence-corrected chi connectivity index (χ3v) is 6.17. The average molecular weight is 336 g/mol. The number of nitrogens with zero attached hydrogens (tertiary/aromatic N) is 2. The lowest BCUT2D eigenvalue weighted by atomic mass is 9.94. The summed E-state index contributed by atoms with van der Waals surface area (Å²) in [6, 6.07) is 15.3. The van der Waals surface area contributed by atoms with Gasteiger partial charge in [0.25, 0.3) is 5.91 Å². The van der Waals surface area contributed by atoms with Crippen LogP contribution in [0, 0.1) is 0 Å². The zero-order valence-electron chi connectivity index (χ0n) is 15.2. The lowest BCUT2D eigenvalue weighted by Crippen LogP contribution is -2.41. The minimum absolute atomic E-state index is 0.160. The molecule has 1 saturated carbocycles. The number of benzene rings is 2. The van der Waals surface area contributed by atoms with Gasteiger partial charge in [-0.15, -0.1) is 0 Å². The number of likely N-dealkylation sites (N-methyl/N-ethyl adjacent to an activating group) is 1. The van der Waals surface area contributed by atoms with Crippen LogP contribution in [-0.2, 0) is 0 Å². The summed E-state index contributed by atoms with van der Waals surface area (Å²) in [6.07, 6.45) is 7.92. The first-order valence-corrected chi connectivity index (χ1v) is 9.73. The lowest BCUT2D eigenvalue weighted by molar-refractivity contribution is 0.0728. The Morgan fingerprint density at radius 3 is 2.60 bits per heavy atom. The molecule has 2 aromatic carbocycles. The summed E-state index contributed by atoms with van der Waals surface area (Å²) >= 11 is 0. The van der Waals surface area contributed by atoms with Crippen LogP contribution in [0.2, 0.25) is 0 Å². The van der Waals surface area contributed by atoms with Crippen molar-refractivity contribution in [2.24, 2.45) is 0 Å². The fraction of sp³-hybridized carbons (Fsp3) is 0.500. The number of carbonyl (C=O) groups excluding carboxylic acids is 1. The number of hydrogen-bond acceptors (Lipinski definition) is 2. The van der Waals surface area contributed by atoms with E-state index in [0.29, 0.717) is 6.04 Å². The van der Waals surface area contributed by atoms with E-state index >= 15 is 0 Å². The van der Waals surface area contributed by atoms with E-state index in [1.54, 1.807) is 0 Å². The molecule has 0 spiro atoms. The van der Waals surface area contributed by atoms with Crippen LogP contribution < -0.4 is 0 Å². The smallest absolute Gasteiger partial charge is 0.254 e. The van der Waals surface area contributed by atoms with Crippen LogP contribution in [-0.4, -0.2) is 47.9 Å². The van der Waals surface area contributed by atoms with Gasteiger partial charge >= 0.3 is 0 Å². The van der Waals surface area contributed by atoms with Crippen LogP contribution in [0.1, 0.15) is 48.9 Å². The Bertz CT molecular complexity index is 745. The maximum atomic E-state index is 13.1. The molecule has 0 N–H and O–H groups in total. The van der Waals surface area contributed by atoms with E-state index in [4.69, 9.17) is 0 Å². The molecule has 1 aliphatic carbocycles. The molecule has 4 rings (SSSR count). The molecular weight excluding hydrogens is 308 g/mol. The van der Waals surface area contributed by atoms with Crippen LogP contribution in [0.25, 0.3) is 10.8 Å². The Labute approximate surface area is 150 Å². The predicted octanol–water partition coefficient (Wildman–Crippen LogP) is 4.32. The van der Waals surface area contributed by atoms with Crippen molar-refractivity contribution in [2.75, 3.05) is 20.1 Å². The number of carbonyl (C=O) groups is 1. The summed E-state index contributed by atoms with van der Waals surface area (Å²) in [7, 11) is 1.99. The molecule has 0 radical (unpaired) electrons. The predicted molar refractivity (Wildman–Crippen MR) is 103 cm³/mol. The summed E-state index contributed by atoms with van der Waals surface area (Å²) in [4.78, 5) is 17.8. The highest BCUT2D eigenvalue weighted by Gasteiger charge is 2.33. The Morgan fingerprint density at radius 1 is 1.00 bits per heavy atom. The largest absolute Gasteiger partial charge is 0.337 e. The van der Waals surface area contributed by atoms with Gasteiger partial charge < -0.3 is 4.90 Å². The van der Waals surface area contributed by atoms with Gasteiger partial charge in [0.1, 0.15) is 0 Å². The van der Waals surface area contributed by atoms with E-state index < -0.39 is 0 Å². The Hall–Kier alpha value is -1.87. The van der Waals surface area contributed by atoms with Crippen molar-refractivity contribution in [3.8, 4) is 0 Å². The number of fused-ring (bicyclic) bond motifs is 1. The molecule has 2 aliphatic rings. The van der Waals surface area contributed by atoms with E-state index in [1.807, 2.05) is 36.2 Å². The lowest BCUT2D eigenvalue weighted by Gasteiger charge is -2.32. The van der Waals surface area contributed by atoms with E-state index in [-0.39, 0.29) is 5.91 Å². The van der Waals surface area contributed by atoms with Crippen LogP contribution in [0.15, 0.2) is 42.5 Å². The molecule has 132 valence electrons. The van der Waals surface area contributed by atoms with Gasteiger partial charge in [-0.1, -0.05) is 55.7 Å². The fourth-order valence-corrected chi connectivity index (χ4v) is 4.63. The average Bonchev–Trinajstić information content (AvgIpc) is 3.17. The third-order valence-electron chi connectivity index (χ3n) is 6.17. The molecule has 1 heterocycles. The zero-order chi connectivity index (χ0) is 17.2. The first-order chi connectivity index (χ1) is 12.2. The highest BCUT2D eigenvalue weighted by Crippen LogP contribution is 2.28. The van der Waals surface area contributed by atoms with Crippen LogP contribution in [0.4, 0.5) is 0 Å². The van der Waals surface area contributed by atoms with Gasteiger partial charge in [-0.25, -0.2) is 0 Å². The van der Waals surface area contributed by atoms with E-state index in [9.17, 15) is 4.79 Å². The summed E-state index contributed by atoms with van der Waals surface area (Å²) < 4.78 is 0. The maximum absolute atomic E-state index is 13.1. The molecule has 1 amide bonds. The van der Waals surface area contributed by atoms with Crippen molar-refractivity contribution in [1.82, 2.24) is 9.80 Å². The summed E-state index contributed by atoms with van der Waals surface area (Å²) in [6.45, 7) is 2.18. The second-order valence-corrected chi connectivity index (χ2v) is 7.67. The molecule has 1 saturated heterocycles. The molecule has 3 nitrogen and oxygen atoms in total. The van der Waals surface area contributed by atoms with Crippen molar-refractivity contribution in [3.63, 3.8) is 0 Å². The molecule has 0 aromatic heterocycles. The van der Waals surface area contributed by atoms with Crippen molar-refractivity contribution in [1.29, 1.82) is 0 Å². The quantitative estimate of drug-likeness (QED) is 0.833. The first-order valence-electron chi connectivity index (χ1n) is 9.73. The Balaban J connectivity index is 1.49. The normalized spacial score (nSPS) is 22.4. The minimum Gasteiger partial charge on any atom is -0.337 e. The zero-order valence-corrected chi connectivity index (χ0v) is 15.2. The van der Waals surface area contributed by atoms with Crippen molar-refractivity contribution in [3.05, 3.63) is 48.0 Å². The van der Waals surface area contributed by atoms with Crippen LogP contribution in [0.3, 0.4) is 0 Å². The topological polar surface area (TPSA) is 23.6 Å². The van der Waals surface area contributed by atoms with Gasteiger partial charge in [-0.05, 0) is 36.1 Å². The number of likely N-dealkylation sites (tertiary alicyclic amines) is 1. The number of rotatable bonds is 3. The molecule has 1 atom stereocenters. The van der Waals surface area contributed by atoms with Gasteiger partial charge in [-0.3, -0.25) is 9.69 Å². The van der Waals surface area contributed by atoms with Crippen molar-refractivity contribution < 1.29 is 4.79 Å². The summed E-state index contributed by atoms with van der Waals surface area (Å²) in [5.41, 5.74) is 0.830. The van der Waals surface area contributed by atoms with E-state index in [1.165, 1.54) is 32.1 Å². The van der Waals surface area contributed by atoms with Gasteiger partial charge in [0.2, 0.25) is 0 Å². The molecule has 1 aliphatic heterocycles. The number of hydrogen-bond donors (Lipinski definition) is 0. The standard InChI is InChI=1S/C22H28N2O/c1-23(19-14-15-24(16-19)18-10-3-2-4-11-18)22(25)21-13-7-9-17-8-5-6-12-20(17)21/h5-9,12-13,18-19H,2-4,10-11,14-16H2,1H3/t19-/m1/s1. The molecule has 3 heteroatoms. The third kappa shape index (κ3) is 3.30. The number of amides is 1. The fourth-order valence-electron chi connectivity index (χ4n) is 4.63. The van der Waals surface area contributed by atoms with Crippen molar-refractivity contribution >= 4 is 16.7 Å². The second kappa shape index (κ2) is 7.17. The molecule has 0 unspecified atom stereocenters. The van der Waals surface area contributed by atoms with E-state index in [2.05, 4.69) is 23.1 Å². The Morgan fingerprint density at radius 2 is 1.76 bits per heavy atom. The highest BCUT2D eigenvalue weighted by molar-refractivity contribution is 6.07. The van der Waals surface area contributed by atoms with E-state index in [0.717, 1.165) is 41.9 Å². The van der Waals surface area contributed by atoms with Crippen LogP contribution in [0.5, 0.6) is 0 Å². The van der Waals surface area contributed by atoms with Gasteiger partial charge in [0.15, 0.2) is 0 Å². The maximum Gasteiger partial charge on any atom is 0.254 e. The molecule has 2 fully saturated rings. The first kappa shape index (κ1) is 16.6.